The van der Waals surface area contributed by atoms with Crippen LogP contribution in [0, 0.1) is 0 Å². The van der Waals surface area contributed by atoms with Crippen molar-refractivity contribution >= 4 is 22.4 Å². The van der Waals surface area contributed by atoms with Crippen molar-refractivity contribution in [2.75, 3.05) is 32.2 Å². The molecule has 2 atom stereocenters. The van der Waals surface area contributed by atoms with E-state index in [1.165, 1.54) is 18.4 Å². The molecule has 2 heterocycles. The summed E-state index contributed by atoms with van der Waals surface area (Å²) in [6, 6.07) is 0.0614. The minimum absolute atomic E-state index is 0.00391. The van der Waals surface area contributed by atoms with Gasteiger partial charge in [-0.25, -0.2) is 9.78 Å². The number of carbonyl (C=O) groups is 1. The number of rotatable bonds is 3. The molecule has 6 nitrogen and oxygen atoms in total. The summed E-state index contributed by atoms with van der Waals surface area (Å²) < 4.78 is 10.0. The fourth-order valence-corrected chi connectivity index (χ4v) is 2.83. The number of aromatic nitrogens is 1. The van der Waals surface area contributed by atoms with Crippen LogP contribution in [-0.4, -0.2) is 50.4 Å². The molecule has 18 heavy (non-hydrogen) atoms. The van der Waals surface area contributed by atoms with Gasteiger partial charge in [0, 0.05) is 26.2 Å². The third-order valence-corrected chi connectivity index (χ3v) is 4.10. The summed E-state index contributed by atoms with van der Waals surface area (Å²) in [6.45, 7) is 1.53. The van der Waals surface area contributed by atoms with Crippen LogP contribution in [0.3, 0.4) is 0 Å². The van der Waals surface area contributed by atoms with E-state index in [0.717, 1.165) is 18.1 Å². The molecule has 0 unspecified atom stereocenters. The molecule has 1 aromatic heterocycles. The van der Waals surface area contributed by atoms with Gasteiger partial charge in [0.1, 0.15) is 4.88 Å². The average Bonchev–Trinajstić information content (AvgIpc) is 2.88. The van der Waals surface area contributed by atoms with E-state index in [-0.39, 0.29) is 18.1 Å². The third-order valence-electron chi connectivity index (χ3n) is 3.06. The number of anilines is 1. The normalized spacial score (nSPS) is 24.1. The molecule has 2 N–H and O–H groups in total. The molecule has 1 fully saturated rings. The Bertz CT molecular complexity index is 423. The highest BCUT2D eigenvalue weighted by Gasteiger charge is 2.28. The monoisotopic (exact) mass is 271 g/mol. The molecule has 0 bridgehead atoms. The number of piperidine rings is 1. The van der Waals surface area contributed by atoms with Crippen LogP contribution in [0.4, 0.5) is 5.13 Å². The minimum Gasteiger partial charge on any atom is -0.465 e. The van der Waals surface area contributed by atoms with Gasteiger partial charge in [-0.3, -0.25) is 0 Å². The van der Waals surface area contributed by atoms with Crippen LogP contribution in [0.1, 0.15) is 16.1 Å². The maximum atomic E-state index is 11.4. The predicted molar refractivity (Wildman–Crippen MR) is 69.1 cm³/mol. The largest absolute Gasteiger partial charge is 0.465 e. The molecule has 1 aromatic rings. The van der Waals surface area contributed by atoms with Crippen molar-refractivity contribution < 1.29 is 14.3 Å². The maximum absolute atomic E-state index is 11.4. The van der Waals surface area contributed by atoms with Crippen molar-refractivity contribution in [3.63, 3.8) is 0 Å². The van der Waals surface area contributed by atoms with Crippen molar-refractivity contribution in [1.82, 2.24) is 4.98 Å². The van der Waals surface area contributed by atoms with Crippen LogP contribution >= 0.6 is 11.3 Å². The van der Waals surface area contributed by atoms with Gasteiger partial charge in [-0.15, -0.1) is 0 Å². The van der Waals surface area contributed by atoms with Gasteiger partial charge in [0.05, 0.1) is 19.4 Å². The Balaban J connectivity index is 2.07. The van der Waals surface area contributed by atoms with E-state index < -0.39 is 0 Å². The standard InChI is InChI=1S/C11H17N3O3S/c1-16-8-6-14(4-3-7(8)12)11-13-5-9(18-11)10(15)17-2/h5,7-8H,3-4,6,12H2,1-2H3/t7-,8-/m0/s1. The zero-order valence-electron chi connectivity index (χ0n) is 10.5. The molecule has 1 aliphatic heterocycles. The molecular formula is C11H17N3O3S. The lowest BCUT2D eigenvalue weighted by atomic mass is 10.0. The number of hydrogen-bond donors (Lipinski definition) is 1. The number of methoxy groups -OCH3 is 2. The first-order chi connectivity index (χ1) is 8.65. The molecular weight excluding hydrogens is 254 g/mol. The van der Waals surface area contributed by atoms with Crippen molar-refractivity contribution in [2.45, 2.75) is 18.6 Å². The van der Waals surface area contributed by atoms with E-state index in [2.05, 4.69) is 14.6 Å². The van der Waals surface area contributed by atoms with Crippen LogP contribution < -0.4 is 10.6 Å². The number of hydrogen-bond acceptors (Lipinski definition) is 7. The molecule has 100 valence electrons. The predicted octanol–water partition coefficient (Wildman–Crippen LogP) is 0.482. The Hall–Kier alpha value is -1.18. The molecule has 0 aliphatic carbocycles. The number of esters is 1. The Kier molecular flexibility index (Phi) is 4.15. The Morgan fingerprint density at radius 2 is 2.39 bits per heavy atom. The molecule has 1 aliphatic rings. The van der Waals surface area contributed by atoms with Gasteiger partial charge in [-0.2, -0.15) is 0 Å². The number of carbonyl (C=O) groups excluding carboxylic acids is 1. The van der Waals surface area contributed by atoms with Gasteiger partial charge < -0.3 is 20.1 Å². The van der Waals surface area contributed by atoms with Gasteiger partial charge in [0.2, 0.25) is 0 Å². The second kappa shape index (κ2) is 5.64. The van der Waals surface area contributed by atoms with E-state index in [1.807, 2.05) is 0 Å². The third kappa shape index (κ3) is 2.63. The molecule has 0 radical (unpaired) electrons. The summed E-state index contributed by atoms with van der Waals surface area (Å²) in [5, 5.41) is 0.810. The fourth-order valence-electron chi connectivity index (χ4n) is 1.96. The van der Waals surface area contributed by atoms with E-state index in [1.54, 1.807) is 13.3 Å². The van der Waals surface area contributed by atoms with Crippen molar-refractivity contribution in [2.24, 2.45) is 5.73 Å². The van der Waals surface area contributed by atoms with Crippen LogP contribution in [0.5, 0.6) is 0 Å². The van der Waals surface area contributed by atoms with Crippen molar-refractivity contribution in [1.29, 1.82) is 0 Å². The SMILES string of the molecule is COC(=O)c1cnc(N2CC[C@H](N)[C@@H](OC)C2)s1. The van der Waals surface area contributed by atoms with Crippen molar-refractivity contribution in [3.8, 4) is 0 Å². The lowest BCUT2D eigenvalue weighted by molar-refractivity contribution is 0.0606. The van der Waals surface area contributed by atoms with Gasteiger partial charge in [0.15, 0.2) is 5.13 Å². The van der Waals surface area contributed by atoms with Crippen LogP contribution in [0.25, 0.3) is 0 Å². The van der Waals surface area contributed by atoms with Crippen molar-refractivity contribution in [3.05, 3.63) is 11.1 Å². The lowest BCUT2D eigenvalue weighted by Gasteiger charge is -2.35. The summed E-state index contributed by atoms with van der Waals surface area (Å²) in [7, 11) is 3.03. The number of nitrogens with two attached hydrogens (primary N) is 1. The summed E-state index contributed by atoms with van der Waals surface area (Å²) in [6.07, 6.45) is 2.40. The molecule has 7 heteroatoms. The van der Waals surface area contributed by atoms with Gasteiger partial charge in [-0.1, -0.05) is 11.3 Å². The van der Waals surface area contributed by atoms with Crippen LogP contribution in [-0.2, 0) is 9.47 Å². The Morgan fingerprint density at radius 3 is 3.06 bits per heavy atom. The second-order valence-corrected chi connectivity index (χ2v) is 5.18. The van der Waals surface area contributed by atoms with E-state index >= 15 is 0 Å². The molecule has 0 saturated carbocycles. The van der Waals surface area contributed by atoms with E-state index in [0.29, 0.717) is 11.4 Å². The van der Waals surface area contributed by atoms with Crippen LogP contribution in [0.15, 0.2) is 6.20 Å². The number of thiazole rings is 1. The Morgan fingerprint density at radius 1 is 1.61 bits per heavy atom. The topological polar surface area (TPSA) is 77.7 Å². The van der Waals surface area contributed by atoms with E-state index in [4.69, 9.17) is 10.5 Å². The first-order valence-electron chi connectivity index (χ1n) is 5.73. The maximum Gasteiger partial charge on any atom is 0.349 e. The fraction of sp³-hybridized carbons (Fsp3) is 0.636. The number of nitrogens with zero attached hydrogens (tertiary/aromatic N) is 2. The highest BCUT2D eigenvalue weighted by molar-refractivity contribution is 7.17. The molecule has 1 saturated heterocycles. The number of ether oxygens (including phenoxy) is 2. The minimum atomic E-state index is -0.351. The lowest BCUT2D eigenvalue weighted by Crippen LogP contribution is -2.51. The first-order valence-corrected chi connectivity index (χ1v) is 6.54. The van der Waals surface area contributed by atoms with Gasteiger partial charge >= 0.3 is 5.97 Å². The molecule has 2 rings (SSSR count). The average molecular weight is 271 g/mol. The molecule has 0 aromatic carbocycles. The smallest absolute Gasteiger partial charge is 0.349 e. The zero-order valence-corrected chi connectivity index (χ0v) is 11.3. The summed E-state index contributed by atoms with van der Waals surface area (Å²) in [5.74, 6) is -0.351. The summed E-state index contributed by atoms with van der Waals surface area (Å²) in [5.41, 5.74) is 5.96. The highest BCUT2D eigenvalue weighted by atomic mass is 32.1. The van der Waals surface area contributed by atoms with Gasteiger partial charge in [-0.05, 0) is 6.42 Å². The first kappa shape index (κ1) is 13.3. The van der Waals surface area contributed by atoms with E-state index in [9.17, 15) is 4.79 Å². The zero-order chi connectivity index (χ0) is 13.1. The summed E-state index contributed by atoms with van der Waals surface area (Å²) >= 11 is 1.33. The summed E-state index contributed by atoms with van der Waals surface area (Å²) in [4.78, 5) is 18.2. The van der Waals surface area contributed by atoms with Crippen LogP contribution in [0.2, 0.25) is 0 Å². The molecule has 0 amide bonds. The Labute approximate surface area is 110 Å². The highest BCUT2D eigenvalue weighted by Crippen LogP contribution is 2.26. The second-order valence-electron chi connectivity index (χ2n) is 4.17. The quantitative estimate of drug-likeness (QED) is 0.806. The molecule has 0 spiro atoms. The van der Waals surface area contributed by atoms with Gasteiger partial charge in [0.25, 0.3) is 0 Å².